The monoisotopic (exact) mass is 458 g/mol. The van der Waals surface area contributed by atoms with Crippen molar-refractivity contribution in [2.24, 2.45) is 0 Å². The fraction of sp³-hybridized carbons (Fsp3) is 0.286. The summed E-state index contributed by atoms with van der Waals surface area (Å²) in [5, 5.41) is 2.95. The van der Waals surface area contributed by atoms with E-state index in [0.717, 1.165) is 17.5 Å². The second kappa shape index (κ2) is 10.4. The molecule has 0 saturated carbocycles. The minimum absolute atomic E-state index is 0.0173. The highest BCUT2D eigenvalue weighted by molar-refractivity contribution is 6.04. The van der Waals surface area contributed by atoms with Gasteiger partial charge >= 0.3 is 0 Å². The largest absolute Gasteiger partial charge is 0.497 e. The molecule has 6 heteroatoms. The van der Waals surface area contributed by atoms with Crippen molar-refractivity contribution in [1.29, 1.82) is 0 Å². The summed E-state index contributed by atoms with van der Waals surface area (Å²) in [5.41, 5.74) is 3.11. The van der Waals surface area contributed by atoms with Crippen molar-refractivity contribution < 1.29 is 19.1 Å². The molecule has 0 spiro atoms. The number of hydrogen-bond acceptors (Lipinski definition) is 4. The van der Waals surface area contributed by atoms with Crippen LogP contribution in [-0.2, 0) is 11.3 Å². The first-order valence-electron chi connectivity index (χ1n) is 11.6. The molecule has 34 heavy (non-hydrogen) atoms. The Hall–Kier alpha value is -3.80. The van der Waals surface area contributed by atoms with Crippen LogP contribution in [0.3, 0.4) is 0 Å². The van der Waals surface area contributed by atoms with Gasteiger partial charge in [-0.05, 0) is 54.8 Å². The van der Waals surface area contributed by atoms with Gasteiger partial charge in [-0.3, -0.25) is 9.59 Å². The van der Waals surface area contributed by atoms with Crippen LogP contribution in [-0.4, -0.2) is 29.9 Å². The van der Waals surface area contributed by atoms with Gasteiger partial charge in [0.05, 0.1) is 19.7 Å². The number of fused-ring (bicyclic) bond motifs is 1. The van der Waals surface area contributed by atoms with Crippen LogP contribution < -0.4 is 14.8 Å². The van der Waals surface area contributed by atoms with Gasteiger partial charge in [0.15, 0.2) is 6.10 Å². The number of nitrogens with zero attached hydrogens (tertiary/aromatic N) is 1. The van der Waals surface area contributed by atoms with Crippen LogP contribution in [0, 0.1) is 0 Å². The molecule has 1 aliphatic heterocycles. The van der Waals surface area contributed by atoms with Gasteiger partial charge in [0.1, 0.15) is 11.5 Å². The maximum absolute atomic E-state index is 13.4. The third-order valence-corrected chi connectivity index (χ3v) is 6.14. The summed E-state index contributed by atoms with van der Waals surface area (Å²) in [6.45, 7) is 4.45. The Morgan fingerprint density at radius 3 is 2.59 bits per heavy atom. The van der Waals surface area contributed by atoms with Crippen LogP contribution in [0.15, 0.2) is 72.8 Å². The SMILES string of the molecule is CC[C@@H]1Oc2ccc(NC(=O)c3cccc(OC)c3)cc2CN([C@H](CC)c2ccccc2)C1=O. The molecule has 176 valence electrons. The number of carbonyl (C=O) groups excluding carboxylic acids is 2. The van der Waals surface area contributed by atoms with Crippen molar-refractivity contribution in [3.8, 4) is 11.5 Å². The van der Waals surface area contributed by atoms with Gasteiger partial charge in [-0.1, -0.05) is 50.2 Å². The van der Waals surface area contributed by atoms with Crippen molar-refractivity contribution in [2.45, 2.75) is 45.4 Å². The molecule has 0 aromatic heterocycles. The Bertz CT molecular complexity index is 1160. The number of anilines is 1. The zero-order valence-electron chi connectivity index (χ0n) is 19.8. The number of ether oxygens (including phenoxy) is 2. The van der Waals surface area contributed by atoms with Crippen molar-refractivity contribution >= 4 is 17.5 Å². The summed E-state index contributed by atoms with van der Waals surface area (Å²) in [7, 11) is 1.57. The van der Waals surface area contributed by atoms with E-state index in [1.165, 1.54) is 0 Å². The quantitative estimate of drug-likeness (QED) is 0.501. The van der Waals surface area contributed by atoms with Crippen LogP contribution >= 0.6 is 0 Å². The van der Waals surface area contributed by atoms with E-state index in [2.05, 4.69) is 24.4 Å². The zero-order valence-corrected chi connectivity index (χ0v) is 19.8. The Kier molecular flexibility index (Phi) is 7.16. The first kappa shape index (κ1) is 23.4. The highest BCUT2D eigenvalue weighted by atomic mass is 16.5. The van der Waals surface area contributed by atoms with Crippen LogP contribution in [0.1, 0.15) is 54.2 Å². The molecule has 4 rings (SSSR count). The van der Waals surface area contributed by atoms with E-state index in [0.29, 0.717) is 35.7 Å². The smallest absolute Gasteiger partial charge is 0.264 e. The van der Waals surface area contributed by atoms with E-state index in [-0.39, 0.29) is 17.9 Å². The lowest BCUT2D eigenvalue weighted by atomic mass is 10.0. The molecular formula is C28H30N2O4. The first-order valence-corrected chi connectivity index (χ1v) is 11.6. The van der Waals surface area contributed by atoms with Crippen molar-refractivity contribution in [3.63, 3.8) is 0 Å². The second-order valence-electron chi connectivity index (χ2n) is 8.32. The fourth-order valence-corrected chi connectivity index (χ4v) is 4.35. The number of carbonyl (C=O) groups is 2. The maximum atomic E-state index is 13.4. The molecule has 0 saturated heterocycles. The van der Waals surface area contributed by atoms with E-state index >= 15 is 0 Å². The summed E-state index contributed by atoms with van der Waals surface area (Å²) in [4.78, 5) is 28.2. The molecule has 0 bridgehead atoms. The van der Waals surface area contributed by atoms with Crippen molar-refractivity contribution in [2.75, 3.05) is 12.4 Å². The molecule has 0 fully saturated rings. The number of amides is 2. The van der Waals surface area contributed by atoms with Crippen molar-refractivity contribution in [1.82, 2.24) is 4.90 Å². The predicted molar refractivity (Wildman–Crippen MR) is 132 cm³/mol. The minimum atomic E-state index is -0.545. The molecule has 1 aliphatic rings. The molecule has 0 aliphatic carbocycles. The van der Waals surface area contributed by atoms with Crippen LogP contribution in [0.5, 0.6) is 11.5 Å². The van der Waals surface area contributed by atoms with Gasteiger partial charge in [0, 0.05) is 16.8 Å². The average molecular weight is 459 g/mol. The van der Waals surface area contributed by atoms with Crippen LogP contribution in [0.2, 0.25) is 0 Å². The van der Waals surface area contributed by atoms with Gasteiger partial charge < -0.3 is 19.7 Å². The third-order valence-electron chi connectivity index (χ3n) is 6.14. The van der Waals surface area contributed by atoms with E-state index < -0.39 is 6.10 Å². The normalized spacial score (nSPS) is 16.1. The summed E-state index contributed by atoms with van der Waals surface area (Å²) < 4.78 is 11.4. The highest BCUT2D eigenvalue weighted by Gasteiger charge is 2.34. The van der Waals surface area contributed by atoms with Gasteiger partial charge in [-0.25, -0.2) is 0 Å². The lowest BCUT2D eigenvalue weighted by Gasteiger charge is -2.32. The lowest BCUT2D eigenvalue weighted by Crippen LogP contribution is -2.41. The standard InChI is InChI=1S/C28H30N2O4/c1-4-24(19-10-7-6-8-11-19)30-18-21-16-22(14-15-26(21)34-25(5-2)28(30)32)29-27(31)20-12-9-13-23(17-20)33-3/h6-17,24-25H,4-5,18H2,1-3H3,(H,29,31)/t24-,25+/m1/s1. The van der Waals surface area contributed by atoms with E-state index in [1.807, 2.05) is 42.2 Å². The molecule has 3 aromatic carbocycles. The van der Waals surface area contributed by atoms with Gasteiger partial charge in [-0.2, -0.15) is 0 Å². The molecule has 2 atom stereocenters. The van der Waals surface area contributed by atoms with Gasteiger partial charge in [0.25, 0.3) is 11.8 Å². The number of nitrogens with one attached hydrogen (secondary N) is 1. The molecule has 1 N–H and O–H groups in total. The molecular weight excluding hydrogens is 428 g/mol. The Labute approximate surface area is 200 Å². The average Bonchev–Trinajstić information content (AvgIpc) is 3.01. The number of rotatable bonds is 7. The van der Waals surface area contributed by atoms with E-state index in [4.69, 9.17) is 9.47 Å². The second-order valence-corrected chi connectivity index (χ2v) is 8.32. The molecule has 1 heterocycles. The lowest BCUT2D eigenvalue weighted by molar-refractivity contribution is -0.141. The van der Waals surface area contributed by atoms with Crippen molar-refractivity contribution in [3.05, 3.63) is 89.5 Å². The Morgan fingerprint density at radius 1 is 1.09 bits per heavy atom. The molecule has 3 aromatic rings. The minimum Gasteiger partial charge on any atom is -0.497 e. The van der Waals surface area contributed by atoms with Gasteiger partial charge in [-0.15, -0.1) is 0 Å². The maximum Gasteiger partial charge on any atom is 0.264 e. The van der Waals surface area contributed by atoms with Gasteiger partial charge in [0.2, 0.25) is 0 Å². The molecule has 0 unspecified atom stereocenters. The topological polar surface area (TPSA) is 67.9 Å². The number of methoxy groups -OCH3 is 1. The Balaban J connectivity index is 1.63. The zero-order chi connectivity index (χ0) is 24.1. The number of benzene rings is 3. The highest BCUT2D eigenvalue weighted by Crippen LogP contribution is 2.35. The predicted octanol–water partition coefficient (Wildman–Crippen LogP) is 5.60. The summed E-state index contributed by atoms with van der Waals surface area (Å²) in [6.07, 6.45) is 0.818. The third kappa shape index (κ3) is 4.91. The summed E-state index contributed by atoms with van der Waals surface area (Å²) in [5.74, 6) is 1.04. The van der Waals surface area contributed by atoms with E-state index in [1.54, 1.807) is 37.4 Å². The first-order chi connectivity index (χ1) is 16.5. The summed E-state index contributed by atoms with van der Waals surface area (Å²) in [6, 6.07) is 22.5. The summed E-state index contributed by atoms with van der Waals surface area (Å²) >= 11 is 0. The fourth-order valence-electron chi connectivity index (χ4n) is 4.35. The van der Waals surface area contributed by atoms with E-state index in [9.17, 15) is 9.59 Å². The molecule has 2 amide bonds. The molecule has 6 nitrogen and oxygen atoms in total. The number of hydrogen-bond donors (Lipinski definition) is 1. The molecule has 0 radical (unpaired) electrons. The van der Waals surface area contributed by atoms with Crippen LogP contribution in [0.25, 0.3) is 0 Å². The van der Waals surface area contributed by atoms with Crippen LogP contribution in [0.4, 0.5) is 5.69 Å². The Morgan fingerprint density at radius 2 is 1.88 bits per heavy atom.